The molecule has 0 amide bonds. The predicted molar refractivity (Wildman–Crippen MR) is 103 cm³/mol. The van der Waals surface area contributed by atoms with Crippen LogP contribution >= 0.6 is 0 Å². The van der Waals surface area contributed by atoms with E-state index in [1.54, 1.807) is 0 Å². The van der Waals surface area contributed by atoms with Gasteiger partial charge in [0.25, 0.3) is 0 Å². The summed E-state index contributed by atoms with van der Waals surface area (Å²) in [6.07, 6.45) is 7.43. The molecular weight excluding hydrogens is 336 g/mol. The van der Waals surface area contributed by atoms with E-state index < -0.39 is 24.1 Å². The molecule has 2 unspecified atom stereocenters. The van der Waals surface area contributed by atoms with E-state index in [4.69, 9.17) is 19.7 Å². The number of aliphatic hydroxyl groups is 2. The average Bonchev–Trinajstić information content (AvgIpc) is 2.63. The summed E-state index contributed by atoms with van der Waals surface area (Å²) < 4.78 is 9.64. The van der Waals surface area contributed by atoms with Crippen LogP contribution in [-0.4, -0.2) is 47.6 Å². The highest BCUT2D eigenvalue weighted by molar-refractivity contribution is 5.74. The van der Waals surface area contributed by atoms with Crippen LogP contribution < -0.4 is 0 Å². The van der Waals surface area contributed by atoms with Crippen molar-refractivity contribution in [3.63, 3.8) is 0 Å². The molecule has 0 aromatic carbocycles. The fourth-order valence-electron chi connectivity index (χ4n) is 1.75. The van der Waals surface area contributed by atoms with Gasteiger partial charge < -0.3 is 19.7 Å². The summed E-state index contributed by atoms with van der Waals surface area (Å²) in [4.78, 5) is 22.0. The Kier molecular flexibility index (Phi) is 20.1. The average molecular weight is 373 g/mol. The number of ether oxygens (including phenoxy) is 2. The maximum Gasteiger partial charge on any atom is 0.335 e. The topological polar surface area (TPSA) is 93.1 Å². The van der Waals surface area contributed by atoms with Crippen molar-refractivity contribution in [2.45, 2.75) is 77.4 Å². The van der Waals surface area contributed by atoms with E-state index in [1.165, 1.54) is 12.2 Å². The van der Waals surface area contributed by atoms with Crippen molar-refractivity contribution in [2.24, 2.45) is 0 Å². The summed E-state index contributed by atoms with van der Waals surface area (Å²) in [6, 6.07) is 0. The summed E-state index contributed by atoms with van der Waals surface area (Å²) in [5.74, 6) is -1.09. The summed E-state index contributed by atoms with van der Waals surface area (Å²) in [6.45, 7) is 11.8. The molecule has 0 aliphatic carbocycles. The minimum Gasteiger partial charge on any atom is -0.464 e. The van der Waals surface area contributed by atoms with Gasteiger partial charge in [0, 0.05) is 12.8 Å². The Balaban J connectivity index is 0. The standard InChI is InChI=1S/2C10H18O3/c2*1-3-5-6-8-13-10(12)9(11)7-4-2/h2*4,9,11H,2-3,5-8H2,1H3. The molecule has 0 rings (SSSR count). The Bertz CT molecular complexity index is 344. The smallest absolute Gasteiger partial charge is 0.335 e. The molecule has 6 nitrogen and oxygen atoms in total. The fourth-order valence-corrected chi connectivity index (χ4v) is 1.75. The van der Waals surface area contributed by atoms with Crippen molar-refractivity contribution in [3.8, 4) is 0 Å². The Hall–Kier alpha value is -1.66. The van der Waals surface area contributed by atoms with Crippen LogP contribution in [0.4, 0.5) is 0 Å². The molecular formula is C20H36O6. The first-order valence-corrected chi connectivity index (χ1v) is 9.35. The number of carbonyl (C=O) groups is 2. The third-order valence-corrected chi connectivity index (χ3v) is 3.31. The molecule has 0 heterocycles. The van der Waals surface area contributed by atoms with Crippen LogP contribution in [0.5, 0.6) is 0 Å². The van der Waals surface area contributed by atoms with Gasteiger partial charge in [0.2, 0.25) is 0 Å². The van der Waals surface area contributed by atoms with Crippen LogP contribution in [0.3, 0.4) is 0 Å². The molecule has 0 aliphatic heterocycles. The van der Waals surface area contributed by atoms with Crippen molar-refractivity contribution in [1.29, 1.82) is 0 Å². The number of aliphatic hydroxyl groups excluding tert-OH is 2. The molecule has 6 heteroatoms. The minimum absolute atomic E-state index is 0.257. The van der Waals surface area contributed by atoms with Crippen LogP contribution in [-0.2, 0) is 19.1 Å². The first-order chi connectivity index (χ1) is 12.4. The van der Waals surface area contributed by atoms with Crippen molar-refractivity contribution in [1.82, 2.24) is 0 Å². The van der Waals surface area contributed by atoms with Gasteiger partial charge in [-0.05, 0) is 12.8 Å². The van der Waals surface area contributed by atoms with Crippen LogP contribution in [0.25, 0.3) is 0 Å². The minimum atomic E-state index is -1.04. The number of carbonyl (C=O) groups excluding carboxylic acids is 2. The maximum absolute atomic E-state index is 11.0. The van der Waals surface area contributed by atoms with Gasteiger partial charge in [0.1, 0.15) is 0 Å². The highest BCUT2D eigenvalue weighted by atomic mass is 16.5. The molecule has 0 saturated carbocycles. The Morgan fingerprint density at radius 2 is 1.15 bits per heavy atom. The van der Waals surface area contributed by atoms with Crippen molar-refractivity contribution < 1.29 is 29.3 Å². The molecule has 0 aliphatic rings. The number of hydrogen-bond donors (Lipinski definition) is 2. The molecule has 0 aromatic heterocycles. The molecule has 0 saturated heterocycles. The quantitative estimate of drug-likeness (QED) is 0.276. The maximum atomic E-state index is 11.0. The van der Waals surface area contributed by atoms with Crippen LogP contribution in [0.1, 0.15) is 65.2 Å². The summed E-state index contributed by atoms with van der Waals surface area (Å²) in [5, 5.41) is 18.3. The zero-order chi connectivity index (χ0) is 20.2. The van der Waals surface area contributed by atoms with Crippen LogP contribution in [0, 0.1) is 0 Å². The van der Waals surface area contributed by atoms with Gasteiger partial charge in [-0.1, -0.05) is 51.7 Å². The fraction of sp³-hybridized carbons (Fsp3) is 0.700. The van der Waals surface area contributed by atoms with E-state index in [2.05, 4.69) is 27.0 Å². The summed E-state index contributed by atoms with van der Waals surface area (Å²) in [5.41, 5.74) is 0. The van der Waals surface area contributed by atoms with E-state index in [0.29, 0.717) is 13.2 Å². The molecule has 2 N–H and O–H groups in total. The van der Waals surface area contributed by atoms with Gasteiger partial charge in [-0.15, -0.1) is 13.2 Å². The number of unbranched alkanes of at least 4 members (excludes halogenated alkanes) is 4. The third-order valence-electron chi connectivity index (χ3n) is 3.31. The second-order valence-corrected chi connectivity index (χ2v) is 5.83. The van der Waals surface area contributed by atoms with Gasteiger partial charge in [-0.2, -0.15) is 0 Å². The molecule has 0 fully saturated rings. The van der Waals surface area contributed by atoms with E-state index in [1.807, 2.05) is 0 Å². The zero-order valence-corrected chi connectivity index (χ0v) is 16.3. The number of rotatable bonds is 14. The molecule has 2 atom stereocenters. The lowest BCUT2D eigenvalue weighted by Crippen LogP contribution is -2.22. The lowest BCUT2D eigenvalue weighted by atomic mass is 10.2. The highest BCUT2D eigenvalue weighted by Gasteiger charge is 2.14. The molecule has 0 radical (unpaired) electrons. The van der Waals surface area contributed by atoms with Crippen LogP contribution in [0.15, 0.2) is 25.3 Å². The summed E-state index contributed by atoms with van der Waals surface area (Å²) >= 11 is 0. The molecule has 26 heavy (non-hydrogen) atoms. The second-order valence-electron chi connectivity index (χ2n) is 5.83. The second kappa shape index (κ2) is 19.7. The predicted octanol–water partition coefficient (Wildman–Crippen LogP) is 3.31. The third kappa shape index (κ3) is 17.2. The normalized spacial score (nSPS) is 12.2. The van der Waals surface area contributed by atoms with Crippen LogP contribution in [0.2, 0.25) is 0 Å². The molecule has 0 aromatic rings. The SMILES string of the molecule is C=CCC(O)C(=O)OCCCCC.C=CCC(O)C(=O)OCCCCC. The number of hydrogen-bond acceptors (Lipinski definition) is 6. The molecule has 0 bridgehead atoms. The van der Waals surface area contributed by atoms with Gasteiger partial charge in [-0.3, -0.25) is 0 Å². The molecule has 0 spiro atoms. The largest absolute Gasteiger partial charge is 0.464 e. The van der Waals surface area contributed by atoms with E-state index >= 15 is 0 Å². The lowest BCUT2D eigenvalue weighted by Gasteiger charge is -2.07. The van der Waals surface area contributed by atoms with Gasteiger partial charge >= 0.3 is 11.9 Å². The van der Waals surface area contributed by atoms with E-state index in [9.17, 15) is 9.59 Å². The van der Waals surface area contributed by atoms with Crippen molar-refractivity contribution in [2.75, 3.05) is 13.2 Å². The van der Waals surface area contributed by atoms with Crippen molar-refractivity contribution >= 4 is 11.9 Å². The Morgan fingerprint density at radius 1 is 0.808 bits per heavy atom. The summed E-state index contributed by atoms with van der Waals surface area (Å²) in [7, 11) is 0. The zero-order valence-electron chi connectivity index (χ0n) is 16.3. The Labute approximate surface area is 157 Å². The van der Waals surface area contributed by atoms with E-state index in [-0.39, 0.29) is 12.8 Å². The highest BCUT2D eigenvalue weighted by Crippen LogP contribution is 2.00. The van der Waals surface area contributed by atoms with Gasteiger partial charge in [0.05, 0.1) is 13.2 Å². The van der Waals surface area contributed by atoms with E-state index in [0.717, 1.165) is 38.5 Å². The first kappa shape index (κ1) is 26.6. The van der Waals surface area contributed by atoms with Crippen molar-refractivity contribution in [3.05, 3.63) is 25.3 Å². The van der Waals surface area contributed by atoms with Gasteiger partial charge in [-0.25, -0.2) is 9.59 Å². The first-order valence-electron chi connectivity index (χ1n) is 9.35. The number of esters is 2. The lowest BCUT2D eigenvalue weighted by molar-refractivity contribution is -0.154. The molecule has 152 valence electrons. The van der Waals surface area contributed by atoms with Gasteiger partial charge in [0.15, 0.2) is 12.2 Å². The monoisotopic (exact) mass is 372 g/mol. The Morgan fingerprint density at radius 3 is 1.42 bits per heavy atom.